The molecule has 1 saturated carbocycles. The number of rotatable bonds is 6. The average molecular weight is 477 g/mol. The number of fused-ring (bicyclic) bond motifs is 2. The number of piperidine rings is 1. The number of hydrogen-bond acceptors (Lipinski definition) is 5. The normalized spacial score (nSPS) is 25.5. The van der Waals surface area contributed by atoms with Gasteiger partial charge in [0.2, 0.25) is 12.7 Å². The van der Waals surface area contributed by atoms with Crippen LogP contribution in [0.4, 0.5) is 5.69 Å². The number of likely N-dealkylation sites (tertiary alicyclic amines) is 1. The molecule has 5 rings (SSSR count). The lowest BCUT2D eigenvalue weighted by Gasteiger charge is -2.52. The summed E-state index contributed by atoms with van der Waals surface area (Å²) in [6, 6.07) is 14.2. The van der Waals surface area contributed by atoms with E-state index in [0.29, 0.717) is 18.7 Å². The van der Waals surface area contributed by atoms with E-state index in [1.165, 1.54) is 5.69 Å². The van der Waals surface area contributed by atoms with Crippen LogP contribution in [0, 0.1) is 5.92 Å². The molecule has 3 aliphatic rings. The summed E-state index contributed by atoms with van der Waals surface area (Å²) in [6.45, 7) is 7.02. The number of ether oxygens (including phenoxy) is 2. The van der Waals surface area contributed by atoms with Crippen LogP contribution in [0.5, 0.6) is 11.5 Å². The third-order valence-corrected chi connectivity index (χ3v) is 8.03. The highest BCUT2D eigenvalue weighted by atomic mass is 16.7. The standard InChI is InChI=1S/C29H36N2O4/c1-3-30(4-2)23-12-10-22(11-13-23)28-24-7-5-6-16-29(24,33)17-18-31(28)27(32)15-9-21-8-14-25-26(19-21)35-20-34-25/h8-15,19,24,28,33H,3-7,16-18,20H2,1-2H3/t24-,28-,29+/m1/s1. The van der Waals surface area contributed by atoms with Crippen LogP contribution < -0.4 is 14.4 Å². The molecule has 2 heterocycles. The monoisotopic (exact) mass is 476 g/mol. The van der Waals surface area contributed by atoms with E-state index in [9.17, 15) is 9.90 Å². The van der Waals surface area contributed by atoms with Crippen LogP contribution in [0.2, 0.25) is 0 Å². The highest BCUT2D eigenvalue weighted by Gasteiger charge is 2.49. The predicted octanol–water partition coefficient (Wildman–Crippen LogP) is 5.17. The van der Waals surface area contributed by atoms with Gasteiger partial charge in [0.05, 0.1) is 11.6 Å². The van der Waals surface area contributed by atoms with Gasteiger partial charge >= 0.3 is 0 Å². The van der Waals surface area contributed by atoms with Crippen molar-refractivity contribution >= 4 is 17.7 Å². The lowest BCUT2D eigenvalue weighted by Crippen LogP contribution is -2.56. The van der Waals surface area contributed by atoms with Gasteiger partial charge in [0.15, 0.2) is 11.5 Å². The molecule has 2 fully saturated rings. The molecule has 6 nitrogen and oxygen atoms in total. The first-order valence-electron chi connectivity index (χ1n) is 13.0. The zero-order chi connectivity index (χ0) is 24.4. The van der Waals surface area contributed by atoms with Gasteiger partial charge in [0, 0.05) is 37.3 Å². The number of carbonyl (C=O) groups is 1. The second-order valence-corrected chi connectivity index (χ2v) is 9.89. The van der Waals surface area contributed by atoms with E-state index in [4.69, 9.17) is 9.47 Å². The topological polar surface area (TPSA) is 62.2 Å². The molecule has 0 bridgehead atoms. The van der Waals surface area contributed by atoms with Crippen LogP contribution in [0.3, 0.4) is 0 Å². The summed E-state index contributed by atoms with van der Waals surface area (Å²) in [4.78, 5) is 17.8. The number of benzene rings is 2. The highest BCUT2D eigenvalue weighted by Crippen LogP contribution is 2.49. The van der Waals surface area contributed by atoms with Crippen molar-refractivity contribution < 1.29 is 19.4 Å². The van der Waals surface area contributed by atoms with Crippen LogP contribution >= 0.6 is 0 Å². The molecular weight excluding hydrogens is 440 g/mol. The largest absolute Gasteiger partial charge is 0.454 e. The van der Waals surface area contributed by atoms with Crippen molar-refractivity contribution in [3.8, 4) is 11.5 Å². The second kappa shape index (κ2) is 9.94. The Morgan fingerprint density at radius 2 is 1.86 bits per heavy atom. The maximum atomic E-state index is 13.5. The summed E-state index contributed by atoms with van der Waals surface area (Å²) in [7, 11) is 0. The minimum atomic E-state index is -0.696. The lowest BCUT2D eigenvalue weighted by molar-refractivity contribution is -0.150. The van der Waals surface area contributed by atoms with E-state index in [1.54, 1.807) is 6.08 Å². The van der Waals surface area contributed by atoms with Crippen molar-refractivity contribution in [1.29, 1.82) is 0 Å². The Kier molecular flexibility index (Phi) is 6.74. The van der Waals surface area contributed by atoms with Gasteiger partial charge in [-0.15, -0.1) is 0 Å². The Hall–Kier alpha value is -2.99. The van der Waals surface area contributed by atoms with Crippen LogP contribution in [-0.2, 0) is 4.79 Å². The van der Waals surface area contributed by atoms with Gasteiger partial charge in [-0.3, -0.25) is 4.79 Å². The number of nitrogens with zero attached hydrogens (tertiary/aromatic N) is 2. The fraction of sp³-hybridized carbons (Fsp3) is 0.483. The molecule has 2 aromatic rings. The summed E-state index contributed by atoms with van der Waals surface area (Å²) >= 11 is 0. The van der Waals surface area contributed by atoms with Crippen molar-refractivity contribution in [1.82, 2.24) is 4.90 Å². The molecule has 0 unspecified atom stereocenters. The summed E-state index contributed by atoms with van der Waals surface area (Å²) in [6.07, 6.45) is 8.04. The fourth-order valence-electron chi connectivity index (χ4n) is 6.09. The SMILES string of the molecule is CCN(CC)c1ccc([C@@H]2[C@H]3CCCC[C@]3(O)CCN2C(=O)C=Cc2ccc3c(c2)OCO3)cc1. The van der Waals surface area contributed by atoms with Crippen LogP contribution in [-0.4, -0.2) is 47.9 Å². The van der Waals surface area contributed by atoms with Gasteiger partial charge in [-0.1, -0.05) is 31.0 Å². The second-order valence-electron chi connectivity index (χ2n) is 9.89. The van der Waals surface area contributed by atoms with Gasteiger partial charge in [-0.05, 0) is 74.6 Å². The molecule has 1 N–H and O–H groups in total. The molecule has 2 aromatic carbocycles. The molecule has 1 aliphatic carbocycles. The molecule has 0 spiro atoms. The molecule has 35 heavy (non-hydrogen) atoms. The van der Waals surface area contributed by atoms with Crippen molar-refractivity contribution in [2.45, 2.75) is 57.6 Å². The van der Waals surface area contributed by atoms with Gasteiger partial charge < -0.3 is 24.4 Å². The Labute approximate surface area is 208 Å². The van der Waals surface area contributed by atoms with E-state index in [1.807, 2.05) is 29.2 Å². The molecule has 0 radical (unpaired) electrons. The Balaban J connectivity index is 1.42. The molecule has 2 aliphatic heterocycles. The molecule has 1 saturated heterocycles. The first-order valence-corrected chi connectivity index (χ1v) is 13.0. The molecule has 0 aromatic heterocycles. The smallest absolute Gasteiger partial charge is 0.247 e. The van der Waals surface area contributed by atoms with Gasteiger partial charge in [-0.2, -0.15) is 0 Å². The number of amides is 1. The molecule has 3 atom stereocenters. The van der Waals surface area contributed by atoms with Crippen molar-refractivity contribution in [3.63, 3.8) is 0 Å². The minimum Gasteiger partial charge on any atom is -0.454 e. The summed E-state index contributed by atoms with van der Waals surface area (Å²) in [5.74, 6) is 1.46. The maximum Gasteiger partial charge on any atom is 0.247 e. The highest BCUT2D eigenvalue weighted by molar-refractivity contribution is 5.92. The molecule has 6 heteroatoms. The van der Waals surface area contributed by atoms with Gasteiger partial charge in [0.25, 0.3) is 0 Å². The third-order valence-electron chi connectivity index (χ3n) is 8.03. The number of carbonyl (C=O) groups excluding carboxylic acids is 1. The summed E-state index contributed by atoms with van der Waals surface area (Å²) in [5, 5.41) is 11.5. The Bertz CT molecular complexity index is 1080. The van der Waals surface area contributed by atoms with Crippen molar-refractivity contribution in [2.24, 2.45) is 5.92 Å². The van der Waals surface area contributed by atoms with E-state index in [-0.39, 0.29) is 24.7 Å². The first kappa shape index (κ1) is 23.7. The summed E-state index contributed by atoms with van der Waals surface area (Å²) < 4.78 is 10.9. The predicted molar refractivity (Wildman–Crippen MR) is 138 cm³/mol. The van der Waals surface area contributed by atoms with E-state index < -0.39 is 5.60 Å². The molecule has 186 valence electrons. The lowest BCUT2D eigenvalue weighted by atomic mass is 9.66. The third kappa shape index (κ3) is 4.64. The van der Waals surface area contributed by atoms with E-state index in [0.717, 1.165) is 55.6 Å². The van der Waals surface area contributed by atoms with Crippen molar-refractivity contribution in [2.75, 3.05) is 31.3 Å². The Morgan fingerprint density at radius 3 is 2.63 bits per heavy atom. The van der Waals surface area contributed by atoms with Gasteiger partial charge in [0.1, 0.15) is 0 Å². The minimum absolute atomic E-state index is 0.0203. The van der Waals surface area contributed by atoms with Crippen molar-refractivity contribution in [3.05, 3.63) is 59.7 Å². The first-order chi connectivity index (χ1) is 17.0. The number of anilines is 1. The summed E-state index contributed by atoms with van der Waals surface area (Å²) in [5.41, 5.74) is 2.50. The van der Waals surface area contributed by atoms with Crippen LogP contribution in [0.1, 0.15) is 63.1 Å². The molecular formula is C29H36N2O4. The molecule has 1 amide bonds. The number of aliphatic hydroxyl groups is 1. The van der Waals surface area contributed by atoms with Crippen LogP contribution in [0.25, 0.3) is 6.08 Å². The average Bonchev–Trinajstić information content (AvgIpc) is 3.35. The quantitative estimate of drug-likeness (QED) is 0.583. The van der Waals surface area contributed by atoms with Crippen LogP contribution in [0.15, 0.2) is 48.5 Å². The van der Waals surface area contributed by atoms with E-state index in [2.05, 4.69) is 43.0 Å². The maximum absolute atomic E-state index is 13.5. The Morgan fingerprint density at radius 1 is 1.09 bits per heavy atom. The number of hydrogen-bond donors (Lipinski definition) is 1. The fourth-order valence-corrected chi connectivity index (χ4v) is 6.09. The zero-order valence-electron chi connectivity index (χ0n) is 20.8. The van der Waals surface area contributed by atoms with Gasteiger partial charge in [-0.25, -0.2) is 0 Å². The zero-order valence-corrected chi connectivity index (χ0v) is 20.8. The van der Waals surface area contributed by atoms with E-state index >= 15 is 0 Å².